The van der Waals surface area contributed by atoms with Crippen molar-refractivity contribution < 1.29 is 9.53 Å². The van der Waals surface area contributed by atoms with Crippen LogP contribution in [-0.2, 0) is 4.79 Å². The molecule has 0 fully saturated rings. The van der Waals surface area contributed by atoms with E-state index in [4.69, 9.17) is 10.5 Å². The van der Waals surface area contributed by atoms with Crippen LogP contribution in [0.25, 0.3) is 0 Å². The van der Waals surface area contributed by atoms with Gasteiger partial charge in [0.15, 0.2) is 0 Å². The summed E-state index contributed by atoms with van der Waals surface area (Å²) in [6.45, 7) is 6.53. The van der Waals surface area contributed by atoms with Crippen molar-refractivity contribution in [3.8, 4) is 5.75 Å². The highest BCUT2D eigenvalue weighted by Crippen LogP contribution is 2.25. The largest absolute Gasteiger partial charge is 0.497 e. The Morgan fingerprint density at radius 3 is 2.65 bits per heavy atom. The number of carbonyl (C=O) groups is 1. The van der Waals surface area contributed by atoms with E-state index in [2.05, 4.69) is 26.1 Å². The van der Waals surface area contributed by atoms with Gasteiger partial charge in [-0.3, -0.25) is 4.79 Å². The van der Waals surface area contributed by atoms with Gasteiger partial charge in [0.1, 0.15) is 5.75 Å². The number of ether oxygens (including phenoxy) is 1. The van der Waals surface area contributed by atoms with E-state index in [0.29, 0.717) is 23.5 Å². The summed E-state index contributed by atoms with van der Waals surface area (Å²) in [6, 6.07) is 5.24. The number of methoxy groups -OCH3 is 1. The lowest BCUT2D eigenvalue weighted by atomic mass is 10.2. The zero-order chi connectivity index (χ0) is 15.2. The van der Waals surface area contributed by atoms with E-state index in [9.17, 15) is 4.79 Å². The number of benzene rings is 1. The van der Waals surface area contributed by atoms with Crippen LogP contribution in [0.2, 0.25) is 0 Å². The third kappa shape index (κ3) is 6.19. The zero-order valence-electron chi connectivity index (χ0n) is 12.7. The summed E-state index contributed by atoms with van der Waals surface area (Å²) >= 11 is 1.87. The summed E-state index contributed by atoms with van der Waals surface area (Å²) in [4.78, 5) is 11.8. The van der Waals surface area contributed by atoms with Gasteiger partial charge in [-0.2, -0.15) is 11.8 Å². The van der Waals surface area contributed by atoms with Crippen molar-refractivity contribution in [2.75, 3.05) is 23.9 Å². The SMILES string of the molecule is COc1ccc(NC(=O)CCCSC(C)(C)C)c(N)c1. The summed E-state index contributed by atoms with van der Waals surface area (Å²) in [5.74, 6) is 1.66. The smallest absolute Gasteiger partial charge is 0.224 e. The standard InChI is InChI=1S/C15H24N2O2S/c1-15(2,3)20-9-5-6-14(18)17-13-8-7-11(19-4)10-12(13)16/h7-8,10H,5-6,9,16H2,1-4H3,(H,17,18). The van der Waals surface area contributed by atoms with Gasteiger partial charge in [0.05, 0.1) is 18.5 Å². The first-order valence-electron chi connectivity index (χ1n) is 6.69. The fraction of sp³-hybridized carbons (Fsp3) is 0.533. The Labute approximate surface area is 125 Å². The molecule has 4 nitrogen and oxygen atoms in total. The van der Waals surface area contributed by atoms with Crippen LogP contribution in [0.3, 0.4) is 0 Å². The maximum absolute atomic E-state index is 11.8. The minimum Gasteiger partial charge on any atom is -0.497 e. The van der Waals surface area contributed by atoms with Crippen molar-refractivity contribution in [2.24, 2.45) is 0 Å². The van der Waals surface area contributed by atoms with E-state index in [0.717, 1.165) is 12.2 Å². The van der Waals surface area contributed by atoms with Crippen molar-refractivity contribution in [2.45, 2.75) is 38.4 Å². The summed E-state index contributed by atoms with van der Waals surface area (Å²) in [5.41, 5.74) is 7.01. The van der Waals surface area contributed by atoms with Gasteiger partial charge in [-0.1, -0.05) is 20.8 Å². The highest BCUT2D eigenvalue weighted by Gasteiger charge is 2.11. The van der Waals surface area contributed by atoms with Gasteiger partial charge in [-0.15, -0.1) is 0 Å². The summed E-state index contributed by atoms with van der Waals surface area (Å²) in [6.07, 6.45) is 1.37. The fourth-order valence-electron chi connectivity index (χ4n) is 1.61. The highest BCUT2D eigenvalue weighted by molar-refractivity contribution is 8.00. The van der Waals surface area contributed by atoms with E-state index >= 15 is 0 Å². The monoisotopic (exact) mass is 296 g/mol. The van der Waals surface area contributed by atoms with Crippen molar-refractivity contribution in [1.82, 2.24) is 0 Å². The summed E-state index contributed by atoms with van der Waals surface area (Å²) in [5, 5.41) is 2.83. The molecule has 1 rings (SSSR count). The molecule has 0 bridgehead atoms. The number of nitrogen functional groups attached to an aromatic ring is 1. The third-order valence-electron chi connectivity index (χ3n) is 2.62. The van der Waals surface area contributed by atoms with Crippen LogP contribution in [-0.4, -0.2) is 23.5 Å². The molecule has 0 saturated heterocycles. The molecular formula is C15H24N2O2S. The zero-order valence-corrected chi connectivity index (χ0v) is 13.5. The van der Waals surface area contributed by atoms with Crippen LogP contribution in [0.1, 0.15) is 33.6 Å². The van der Waals surface area contributed by atoms with Gasteiger partial charge in [0.2, 0.25) is 5.91 Å². The van der Waals surface area contributed by atoms with Crippen LogP contribution in [0.4, 0.5) is 11.4 Å². The van der Waals surface area contributed by atoms with Gasteiger partial charge >= 0.3 is 0 Å². The van der Waals surface area contributed by atoms with Gasteiger partial charge in [0.25, 0.3) is 0 Å². The molecule has 0 heterocycles. The molecule has 0 radical (unpaired) electrons. The second-order valence-corrected chi connectivity index (χ2v) is 7.49. The molecule has 0 aliphatic heterocycles. The Bertz CT molecular complexity index is 456. The quantitative estimate of drug-likeness (QED) is 0.622. The number of amides is 1. The lowest BCUT2D eigenvalue weighted by molar-refractivity contribution is -0.116. The average Bonchev–Trinajstić information content (AvgIpc) is 2.36. The van der Waals surface area contributed by atoms with E-state index in [-0.39, 0.29) is 10.7 Å². The number of carbonyl (C=O) groups excluding carboxylic acids is 1. The van der Waals surface area contributed by atoms with Crippen molar-refractivity contribution >= 4 is 29.0 Å². The molecule has 0 aliphatic rings. The van der Waals surface area contributed by atoms with Crippen LogP contribution in [0.15, 0.2) is 18.2 Å². The van der Waals surface area contributed by atoms with Gasteiger partial charge in [0, 0.05) is 17.2 Å². The number of anilines is 2. The van der Waals surface area contributed by atoms with E-state index in [1.54, 1.807) is 25.3 Å². The molecule has 1 aromatic rings. The molecule has 0 atom stereocenters. The maximum Gasteiger partial charge on any atom is 0.224 e. The molecule has 20 heavy (non-hydrogen) atoms. The second kappa shape index (κ2) is 7.43. The number of hydrogen-bond acceptors (Lipinski definition) is 4. The first-order chi connectivity index (χ1) is 9.31. The molecule has 1 amide bonds. The molecule has 0 saturated carbocycles. The second-order valence-electron chi connectivity index (χ2n) is 5.57. The first-order valence-corrected chi connectivity index (χ1v) is 7.68. The van der Waals surface area contributed by atoms with Crippen LogP contribution in [0, 0.1) is 0 Å². The Hall–Kier alpha value is -1.36. The molecule has 0 aliphatic carbocycles. The molecule has 3 N–H and O–H groups in total. The predicted octanol–water partition coefficient (Wildman–Crippen LogP) is 3.53. The topological polar surface area (TPSA) is 64.3 Å². The van der Waals surface area contributed by atoms with E-state index in [1.807, 2.05) is 11.8 Å². The normalized spacial score (nSPS) is 11.2. The van der Waals surface area contributed by atoms with Gasteiger partial charge in [-0.05, 0) is 24.3 Å². The number of nitrogens with two attached hydrogens (primary N) is 1. The lowest BCUT2D eigenvalue weighted by Gasteiger charge is -2.17. The minimum absolute atomic E-state index is 0.00336. The summed E-state index contributed by atoms with van der Waals surface area (Å²) in [7, 11) is 1.58. The Balaban J connectivity index is 2.39. The molecule has 112 valence electrons. The Morgan fingerprint density at radius 2 is 2.10 bits per heavy atom. The Kier molecular flexibility index (Phi) is 6.20. The molecule has 0 aromatic heterocycles. The number of thioether (sulfide) groups is 1. The van der Waals surface area contributed by atoms with Crippen LogP contribution >= 0.6 is 11.8 Å². The maximum atomic E-state index is 11.8. The Morgan fingerprint density at radius 1 is 1.40 bits per heavy atom. The average molecular weight is 296 g/mol. The molecule has 0 unspecified atom stereocenters. The van der Waals surface area contributed by atoms with Crippen molar-refractivity contribution in [3.05, 3.63) is 18.2 Å². The third-order valence-corrected chi connectivity index (χ3v) is 3.97. The first kappa shape index (κ1) is 16.7. The van der Waals surface area contributed by atoms with Crippen LogP contribution < -0.4 is 15.8 Å². The lowest BCUT2D eigenvalue weighted by Crippen LogP contribution is -2.14. The predicted molar refractivity (Wildman–Crippen MR) is 87.5 cm³/mol. The van der Waals surface area contributed by atoms with Gasteiger partial charge < -0.3 is 15.8 Å². The van der Waals surface area contributed by atoms with Gasteiger partial charge in [-0.25, -0.2) is 0 Å². The number of hydrogen-bond donors (Lipinski definition) is 2. The van der Waals surface area contributed by atoms with E-state index < -0.39 is 0 Å². The van der Waals surface area contributed by atoms with Crippen molar-refractivity contribution in [3.63, 3.8) is 0 Å². The fourth-order valence-corrected chi connectivity index (χ4v) is 2.51. The number of rotatable bonds is 6. The molecule has 1 aromatic carbocycles. The molecule has 5 heteroatoms. The highest BCUT2D eigenvalue weighted by atomic mass is 32.2. The van der Waals surface area contributed by atoms with E-state index in [1.165, 1.54) is 0 Å². The molecule has 0 spiro atoms. The van der Waals surface area contributed by atoms with Crippen molar-refractivity contribution in [1.29, 1.82) is 0 Å². The summed E-state index contributed by atoms with van der Waals surface area (Å²) < 4.78 is 5.32. The molecular weight excluding hydrogens is 272 g/mol. The van der Waals surface area contributed by atoms with Crippen LogP contribution in [0.5, 0.6) is 5.75 Å². The minimum atomic E-state index is -0.00336. The number of nitrogens with one attached hydrogen (secondary N) is 1.